The Hall–Kier alpha value is -0.700. The highest BCUT2D eigenvalue weighted by Crippen LogP contribution is 2.30. The number of halogens is 1. The monoisotopic (exact) mass is 185 g/mol. The molecule has 1 nitrogen and oxygen atoms in total. The van der Waals surface area contributed by atoms with Crippen LogP contribution in [0.25, 0.3) is 0 Å². The SMILES string of the molecule is CSC(C)c1cc(F)ccc1N. The lowest BCUT2D eigenvalue weighted by Gasteiger charge is -2.11. The third-order valence-corrected chi connectivity index (χ3v) is 2.80. The van der Waals surface area contributed by atoms with Crippen molar-refractivity contribution in [2.45, 2.75) is 12.2 Å². The number of hydrogen-bond acceptors (Lipinski definition) is 2. The fourth-order valence-corrected chi connectivity index (χ4v) is 1.48. The maximum absolute atomic E-state index is 12.8. The maximum Gasteiger partial charge on any atom is 0.123 e. The van der Waals surface area contributed by atoms with Crippen LogP contribution in [0.4, 0.5) is 10.1 Å². The first-order valence-electron chi connectivity index (χ1n) is 3.73. The quantitative estimate of drug-likeness (QED) is 0.717. The average molecular weight is 185 g/mol. The lowest BCUT2D eigenvalue weighted by molar-refractivity contribution is 0.626. The second kappa shape index (κ2) is 3.81. The molecular formula is C9H12FNS. The Morgan fingerprint density at radius 3 is 2.75 bits per heavy atom. The highest BCUT2D eigenvalue weighted by Gasteiger charge is 2.07. The molecule has 0 heterocycles. The minimum Gasteiger partial charge on any atom is -0.398 e. The summed E-state index contributed by atoms with van der Waals surface area (Å²) in [5.74, 6) is -0.222. The summed E-state index contributed by atoms with van der Waals surface area (Å²) >= 11 is 1.65. The second-order valence-corrected chi connectivity index (χ2v) is 3.83. The van der Waals surface area contributed by atoms with Gasteiger partial charge in [0.2, 0.25) is 0 Å². The number of thioether (sulfide) groups is 1. The summed E-state index contributed by atoms with van der Waals surface area (Å²) in [6.45, 7) is 2.01. The molecule has 0 bridgehead atoms. The van der Waals surface area contributed by atoms with Crippen LogP contribution in [0, 0.1) is 5.82 Å². The summed E-state index contributed by atoms with van der Waals surface area (Å²) in [5, 5.41) is 0.251. The summed E-state index contributed by atoms with van der Waals surface area (Å²) in [6, 6.07) is 4.49. The molecule has 2 N–H and O–H groups in total. The Bertz CT molecular complexity index is 275. The third kappa shape index (κ3) is 1.91. The Morgan fingerprint density at radius 1 is 1.50 bits per heavy atom. The summed E-state index contributed by atoms with van der Waals surface area (Å²) in [7, 11) is 0. The van der Waals surface area contributed by atoms with E-state index in [-0.39, 0.29) is 11.1 Å². The number of hydrogen-bond donors (Lipinski definition) is 1. The molecule has 0 saturated heterocycles. The van der Waals surface area contributed by atoms with Gasteiger partial charge in [-0.25, -0.2) is 4.39 Å². The highest BCUT2D eigenvalue weighted by molar-refractivity contribution is 7.98. The smallest absolute Gasteiger partial charge is 0.123 e. The number of anilines is 1. The van der Waals surface area contributed by atoms with Crippen LogP contribution in [0.1, 0.15) is 17.7 Å². The number of rotatable bonds is 2. The molecule has 12 heavy (non-hydrogen) atoms. The molecule has 1 aromatic rings. The van der Waals surface area contributed by atoms with Crippen molar-refractivity contribution in [3.05, 3.63) is 29.6 Å². The first-order valence-corrected chi connectivity index (χ1v) is 5.01. The zero-order valence-electron chi connectivity index (χ0n) is 7.17. The first kappa shape index (κ1) is 9.39. The van der Waals surface area contributed by atoms with E-state index in [0.29, 0.717) is 5.69 Å². The molecule has 0 amide bonds. The molecule has 1 rings (SSSR count). The van der Waals surface area contributed by atoms with Crippen LogP contribution in [-0.2, 0) is 0 Å². The molecule has 0 fully saturated rings. The van der Waals surface area contributed by atoms with Crippen molar-refractivity contribution in [2.75, 3.05) is 12.0 Å². The molecule has 0 saturated carbocycles. The lowest BCUT2D eigenvalue weighted by Crippen LogP contribution is -1.96. The van der Waals surface area contributed by atoms with E-state index in [1.54, 1.807) is 17.8 Å². The maximum atomic E-state index is 12.8. The molecule has 0 radical (unpaired) electrons. The number of benzene rings is 1. The Kier molecular flexibility index (Phi) is 2.98. The predicted molar refractivity (Wildman–Crippen MR) is 52.7 cm³/mol. The normalized spacial score (nSPS) is 12.9. The van der Waals surface area contributed by atoms with Gasteiger partial charge in [0.15, 0.2) is 0 Å². The molecule has 0 aliphatic heterocycles. The highest BCUT2D eigenvalue weighted by atomic mass is 32.2. The summed E-state index contributed by atoms with van der Waals surface area (Å²) < 4.78 is 12.8. The first-order chi connectivity index (χ1) is 5.65. The molecule has 0 aliphatic rings. The van der Waals surface area contributed by atoms with E-state index in [9.17, 15) is 4.39 Å². The van der Waals surface area contributed by atoms with Crippen molar-refractivity contribution in [3.63, 3.8) is 0 Å². The lowest BCUT2D eigenvalue weighted by atomic mass is 10.1. The largest absolute Gasteiger partial charge is 0.398 e. The summed E-state index contributed by atoms with van der Waals surface area (Å²) in [4.78, 5) is 0. The van der Waals surface area contributed by atoms with Gasteiger partial charge in [-0.2, -0.15) is 11.8 Å². The third-order valence-electron chi connectivity index (χ3n) is 1.84. The van der Waals surface area contributed by atoms with E-state index in [1.807, 2.05) is 13.2 Å². The van der Waals surface area contributed by atoms with Crippen LogP contribution >= 0.6 is 11.8 Å². The Balaban J connectivity index is 3.04. The minimum absolute atomic E-state index is 0.222. The molecule has 0 spiro atoms. The van der Waals surface area contributed by atoms with Gasteiger partial charge >= 0.3 is 0 Å². The van der Waals surface area contributed by atoms with E-state index in [1.165, 1.54) is 12.1 Å². The van der Waals surface area contributed by atoms with E-state index in [0.717, 1.165) is 5.56 Å². The van der Waals surface area contributed by atoms with Crippen molar-refractivity contribution in [1.82, 2.24) is 0 Å². The van der Waals surface area contributed by atoms with Gasteiger partial charge in [-0.15, -0.1) is 0 Å². The molecular weight excluding hydrogens is 173 g/mol. The molecule has 1 aromatic carbocycles. The molecule has 1 atom stereocenters. The Labute approximate surface area is 76.2 Å². The van der Waals surface area contributed by atoms with Crippen molar-refractivity contribution >= 4 is 17.4 Å². The van der Waals surface area contributed by atoms with Gasteiger partial charge < -0.3 is 5.73 Å². The van der Waals surface area contributed by atoms with E-state index in [2.05, 4.69) is 0 Å². The molecule has 66 valence electrons. The van der Waals surface area contributed by atoms with E-state index >= 15 is 0 Å². The molecule has 0 aromatic heterocycles. The van der Waals surface area contributed by atoms with Crippen LogP contribution in [0.5, 0.6) is 0 Å². The summed E-state index contributed by atoms with van der Waals surface area (Å²) in [6.07, 6.45) is 1.98. The molecule has 3 heteroatoms. The molecule has 1 unspecified atom stereocenters. The van der Waals surface area contributed by atoms with Gasteiger partial charge in [-0.05, 0) is 36.9 Å². The van der Waals surface area contributed by atoms with E-state index < -0.39 is 0 Å². The van der Waals surface area contributed by atoms with Gasteiger partial charge in [0.25, 0.3) is 0 Å². The van der Waals surface area contributed by atoms with Gasteiger partial charge in [-0.1, -0.05) is 0 Å². The number of nitrogens with two attached hydrogens (primary N) is 1. The summed E-state index contributed by atoms with van der Waals surface area (Å²) in [5.41, 5.74) is 7.23. The topological polar surface area (TPSA) is 26.0 Å². The zero-order chi connectivity index (χ0) is 9.14. The minimum atomic E-state index is -0.222. The van der Waals surface area contributed by atoms with E-state index in [4.69, 9.17) is 5.73 Å². The van der Waals surface area contributed by atoms with Crippen LogP contribution in [-0.4, -0.2) is 6.26 Å². The van der Waals surface area contributed by atoms with Gasteiger partial charge in [0.1, 0.15) is 5.82 Å². The average Bonchev–Trinajstić information content (AvgIpc) is 2.08. The number of nitrogen functional groups attached to an aromatic ring is 1. The predicted octanol–water partition coefficient (Wildman–Crippen LogP) is 2.83. The van der Waals surface area contributed by atoms with Crippen LogP contribution in [0.3, 0.4) is 0 Å². The van der Waals surface area contributed by atoms with Crippen LogP contribution in [0.15, 0.2) is 18.2 Å². The fraction of sp³-hybridized carbons (Fsp3) is 0.333. The zero-order valence-corrected chi connectivity index (χ0v) is 7.99. The van der Waals surface area contributed by atoms with Crippen molar-refractivity contribution in [1.29, 1.82) is 0 Å². The van der Waals surface area contributed by atoms with Gasteiger partial charge in [0, 0.05) is 10.9 Å². The van der Waals surface area contributed by atoms with Gasteiger partial charge in [0.05, 0.1) is 0 Å². The van der Waals surface area contributed by atoms with Crippen LogP contribution in [0.2, 0.25) is 0 Å². The van der Waals surface area contributed by atoms with Crippen molar-refractivity contribution < 1.29 is 4.39 Å². The second-order valence-electron chi connectivity index (χ2n) is 2.65. The molecule has 0 aliphatic carbocycles. The van der Waals surface area contributed by atoms with Crippen LogP contribution < -0.4 is 5.73 Å². The van der Waals surface area contributed by atoms with Gasteiger partial charge in [-0.3, -0.25) is 0 Å². The van der Waals surface area contributed by atoms with Crippen molar-refractivity contribution in [2.24, 2.45) is 0 Å². The Morgan fingerprint density at radius 2 is 2.17 bits per heavy atom. The standard InChI is InChI=1S/C9H12FNS/c1-6(12-2)8-5-7(10)3-4-9(8)11/h3-6H,11H2,1-2H3. The van der Waals surface area contributed by atoms with Crippen molar-refractivity contribution in [3.8, 4) is 0 Å². The fourth-order valence-electron chi connectivity index (χ4n) is 1.02.